The lowest BCUT2D eigenvalue weighted by molar-refractivity contribution is -0.385. The number of piperazine rings is 1. The lowest BCUT2D eigenvalue weighted by Crippen LogP contribution is -2.47. The quantitative estimate of drug-likeness (QED) is 0.621. The highest BCUT2D eigenvalue weighted by atomic mass is 16.6. The van der Waals surface area contributed by atoms with E-state index in [-0.39, 0.29) is 17.4 Å². The number of nitro groups is 1. The van der Waals surface area contributed by atoms with Crippen molar-refractivity contribution in [3.8, 4) is 11.6 Å². The van der Waals surface area contributed by atoms with Gasteiger partial charge in [0.2, 0.25) is 5.82 Å². The van der Waals surface area contributed by atoms with Crippen molar-refractivity contribution in [2.24, 2.45) is 0 Å². The molecule has 1 aliphatic heterocycles. The third-order valence-corrected chi connectivity index (χ3v) is 4.28. The molecule has 2 aromatic rings. The van der Waals surface area contributed by atoms with Gasteiger partial charge in [-0.1, -0.05) is 19.1 Å². The van der Waals surface area contributed by atoms with Gasteiger partial charge in [-0.15, -0.1) is 0 Å². The molecular formula is C17H22N6O3. The molecule has 9 nitrogen and oxygen atoms in total. The van der Waals surface area contributed by atoms with Crippen LogP contribution in [0.15, 0.2) is 30.6 Å². The number of anilines is 1. The normalized spacial score (nSPS) is 15.6. The molecule has 1 aromatic heterocycles. The Labute approximate surface area is 151 Å². The van der Waals surface area contributed by atoms with Crippen molar-refractivity contribution in [2.75, 3.05) is 38.7 Å². The summed E-state index contributed by atoms with van der Waals surface area (Å²) in [5.41, 5.74) is 3.92. The Morgan fingerprint density at radius 3 is 2.50 bits per heavy atom. The fourth-order valence-electron chi connectivity index (χ4n) is 2.66. The SMILES string of the molecule is CCc1ccc(Oc2ncnc(NN3CCN(C)CC3)c2[N+](=O)[O-])cc1. The van der Waals surface area contributed by atoms with Gasteiger partial charge in [-0.2, -0.15) is 4.98 Å². The lowest BCUT2D eigenvalue weighted by Gasteiger charge is -2.32. The van der Waals surface area contributed by atoms with Crippen LogP contribution in [-0.4, -0.2) is 58.0 Å². The van der Waals surface area contributed by atoms with Gasteiger partial charge < -0.3 is 9.64 Å². The van der Waals surface area contributed by atoms with E-state index in [1.165, 1.54) is 6.33 Å². The van der Waals surface area contributed by atoms with E-state index in [1.807, 2.05) is 24.2 Å². The van der Waals surface area contributed by atoms with Gasteiger partial charge in [-0.25, -0.2) is 9.99 Å². The number of aryl methyl sites for hydroxylation is 1. The Morgan fingerprint density at radius 2 is 1.88 bits per heavy atom. The lowest BCUT2D eigenvalue weighted by atomic mass is 10.2. The summed E-state index contributed by atoms with van der Waals surface area (Å²) < 4.78 is 5.66. The van der Waals surface area contributed by atoms with Crippen LogP contribution < -0.4 is 10.2 Å². The van der Waals surface area contributed by atoms with E-state index >= 15 is 0 Å². The molecule has 0 atom stereocenters. The Balaban J connectivity index is 1.82. The molecule has 1 fully saturated rings. The zero-order valence-electron chi connectivity index (χ0n) is 14.9. The molecule has 1 aliphatic rings. The van der Waals surface area contributed by atoms with Gasteiger partial charge in [0.25, 0.3) is 0 Å². The third kappa shape index (κ3) is 4.24. The first-order valence-electron chi connectivity index (χ1n) is 8.53. The number of hydrogen-bond donors (Lipinski definition) is 1. The maximum Gasteiger partial charge on any atom is 0.374 e. The van der Waals surface area contributed by atoms with Crippen molar-refractivity contribution >= 4 is 11.5 Å². The zero-order chi connectivity index (χ0) is 18.5. The second-order valence-corrected chi connectivity index (χ2v) is 6.13. The minimum atomic E-state index is -0.520. The third-order valence-electron chi connectivity index (χ3n) is 4.28. The molecule has 0 bridgehead atoms. The molecule has 1 saturated heterocycles. The molecule has 1 N–H and O–H groups in total. The van der Waals surface area contributed by atoms with Crippen LogP contribution in [0.3, 0.4) is 0 Å². The number of hydrogen-bond acceptors (Lipinski definition) is 8. The zero-order valence-corrected chi connectivity index (χ0v) is 14.9. The predicted molar refractivity (Wildman–Crippen MR) is 97.3 cm³/mol. The first-order valence-corrected chi connectivity index (χ1v) is 8.53. The van der Waals surface area contributed by atoms with Crippen molar-refractivity contribution in [3.05, 3.63) is 46.3 Å². The standard InChI is InChI=1S/C17H22N6O3/c1-3-13-4-6-14(7-5-13)26-17-15(23(24)25)16(18-12-19-17)20-22-10-8-21(2)9-11-22/h4-7,12H,3,8-11H2,1-2H3,(H,18,19,20). The minimum absolute atomic E-state index is 0.0779. The molecule has 3 rings (SSSR count). The van der Waals surface area contributed by atoms with Gasteiger partial charge in [0.1, 0.15) is 12.1 Å². The number of likely N-dealkylation sites (N-methyl/N-ethyl adjacent to an activating group) is 1. The molecule has 0 amide bonds. The molecular weight excluding hydrogens is 336 g/mol. The highest BCUT2D eigenvalue weighted by molar-refractivity contribution is 5.61. The monoisotopic (exact) mass is 358 g/mol. The number of ether oxygens (including phenoxy) is 1. The average molecular weight is 358 g/mol. The van der Waals surface area contributed by atoms with E-state index in [2.05, 4.69) is 27.2 Å². The first-order chi connectivity index (χ1) is 12.6. The Kier molecular flexibility index (Phi) is 5.59. The summed E-state index contributed by atoms with van der Waals surface area (Å²) in [6.45, 7) is 5.29. The summed E-state index contributed by atoms with van der Waals surface area (Å²) in [7, 11) is 2.04. The first kappa shape index (κ1) is 18.0. The van der Waals surface area contributed by atoms with Crippen molar-refractivity contribution < 1.29 is 9.66 Å². The van der Waals surface area contributed by atoms with Crippen LogP contribution in [0.1, 0.15) is 12.5 Å². The van der Waals surface area contributed by atoms with E-state index in [4.69, 9.17) is 4.74 Å². The van der Waals surface area contributed by atoms with Crippen molar-refractivity contribution in [1.82, 2.24) is 19.9 Å². The molecule has 138 valence electrons. The van der Waals surface area contributed by atoms with Crippen LogP contribution in [0, 0.1) is 10.1 Å². The van der Waals surface area contributed by atoms with Crippen LogP contribution in [-0.2, 0) is 6.42 Å². The van der Waals surface area contributed by atoms with E-state index in [1.54, 1.807) is 12.1 Å². The summed E-state index contributed by atoms with van der Waals surface area (Å²) >= 11 is 0. The number of aromatic nitrogens is 2. The van der Waals surface area contributed by atoms with Gasteiger partial charge in [-0.05, 0) is 31.2 Å². The molecule has 0 unspecified atom stereocenters. The second-order valence-electron chi connectivity index (χ2n) is 6.13. The van der Waals surface area contributed by atoms with Gasteiger partial charge in [0.05, 0.1) is 4.92 Å². The molecule has 1 aromatic carbocycles. The van der Waals surface area contributed by atoms with Crippen LogP contribution >= 0.6 is 0 Å². The summed E-state index contributed by atoms with van der Waals surface area (Å²) in [5.74, 6) is 0.551. The number of nitrogens with zero attached hydrogens (tertiary/aromatic N) is 5. The van der Waals surface area contributed by atoms with Crippen molar-refractivity contribution in [1.29, 1.82) is 0 Å². The summed E-state index contributed by atoms with van der Waals surface area (Å²) in [5, 5.41) is 13.5. The highest BCUT2D eigenvalue weighted by Gasteiger charge is 2.27. The number of benzene rings is 1. The number of nitrogens with one attached hydrogen (secondary N) is 1. The molecule has 0 spiro atoms. The molecule has 9 heteroatoms. The minimum Gasteiger partial charge on any atom is -0.434 e. The topological polar surface area (TPSA) is 96.7 Å². The number of rotatable bonds is 6. The molecule has 0 saturated carbocycles. The molecule has 0 aliphatic carbocycles. The molecule has 26 heavy (non-hydrogen) atoms. The van der Waals surface area contributed by atoms with Gasteiger partial charge in [0, 0.05) is 26.2 Å². The Bertz CT molecular complexity index is 760. The summed E-state index contributed by atoms with van der Waals surface area (Å²) in [6.07, 6.45) is 2.17. The summed E-state index contributed by atoms with van der Waals surface area (Å²) in [6, 6.07) is 7.40. The van der Waals surface area contributed by atoms with Crippen LogP contribution in [0.5, 0.6) is 11.6 Å². The van der Waals surface area contributed by atoms with E-state index < -0.39 is 4.92 Å². The highest BCUT2D eigenvalue weighted by Crippen LogP contribution is 2.34. The van der Waals surface area contributed by atoms with Crippen LogP contribution in [0.4, 0.5) is 11.5 Å². The summed E-state index contributed by atoms with van der Waals surface area (Å²) in [4.78, 5) is 21.3. The van der Waals surface area contributed by atoms with Crippen LogP contribution in [0.2, 0.25) is 0 Å². The maximum atomic E-state index is 11.6. The van der Waals surface area contributed by atoms with E-state index in [9.17, 15) is 10.1 Å². The van der Waals surface area contributed by atoms with E-state index in [0.29, 0.717) is 5.75 Å². The van der Waals surface area contributed by atoms with Gasteiger partial charge in [0.15, 0.2) is 0 Å². The average Bonchev–Trinajstić information content (AvgIpc) is 2.64. The molecule has 0 radical (unpaired) electrons. The van der Waals surface area contributed by atoms with Gasteiger partial charge >= 0.3 is 11.6 Å². The maximum absolute atomic E-state index is 11.6. The Hall–Kier alpha value is -2.78. The fourth-order valence-corrected chi connectivity index (χ4v) is 2.66. The Morgan fingerprint density at radius 1 is 1.19 bits per heavy atom. The van der Waals surface area contributed by atoms with Crippen molar-refractivity contribution in [3.63, 3.8) is 0 Å². The smallest absolute Gasteiger partial charge is 0.374 e. The fraction of sp³-hybridized carbons (Fsp3) is 0.412. The van der Waals surface area contributed by atoms with Crippen LogP contribution in [0.25, 0.3) is 0 Å². The van der Waals surface area contributed by atoms with Crippen molar-refractivity contribution in [2.45, 2.75) is 13.3 Å². The molecule has 2 heterocycles. The largest absolute Gasteiger partial charge is 0.434 e. The number of hydrazine groups is 1. The predicted octanol–water partition coefficient (Wildman–Crippen LogP) is 2.31. The second kappa shape index (κ2) is 8.07. The van der Waals surface area contributed by atoms with E-state index in [0.717, 1.165) is 38.2 Å². The van der Waals surface area contributed by atoms with Gasteiger partial charge in [-0.3, -0.25) is 15.5 Å².